The van der Waals surface area contributed by atoms with Crippen molar-refractivity contribution >= 4 is 0 Å². The lowest BCUT2D eigenvalue weighted by Gasteiger charge is -2.40. The third kappa shape index (κ3) is 17.0. The van der Waals surface area contributed by atoms with Crippen molar-refractivity contribution < 1.29 is 4.74 Å². The van der Waals surface area contributed by atoms with E-state index in [1.54, 1.807) is 0 Å². The van der Waals surface area contributed by atoms with Crippen LogP contribution >= 0.6 is 0 Å². The van der Waals surface area contributed by atoms with Crippen LogP contribution in [0.2, 0.25) is 0 Å². The van der Waals surface area contributed by atoms with Crippen molar-refractivity contribution in [3.05, 3.63) is 24.8 Å². The van der Waals surface area contributed by atoms with E-state index >= 15 is 0 Å². The Bertz CT molecular complexity index is 676. The van der Waals surface area contributed by atoms with E-state index < -0.39 is 0 Å². The van der Waals surface area contributed by atoms with Gasteiger partial charge in [0.05, 0.1) is 6.10 Å². The normalized spacial score (nSPS) is 24.3. The SMILES string of the molecule is C=CC(C)C(=C)[C@H](C)CC(CCCN(C)C(CCC)C1CCN(CCC)CC1)OC.CC.CC1CC(C)CC(N(C)C)C1. The molecule has 2 aliphatic rings. The maximum absolute atomic E-state index is 5.83. The van der Waals surface area contributed by atoms with Gasteiger partial charge in [0, 0.05) is 19.2 Å². The van der Waals surface area contributed by atoms with E-state index in [4.69, 9.17) is 4.74 Å². The summed E-state index contributed by atoms with van der Waals surface area (Å²) < 4.78 is 5.83. The highest BCUT2D eigenvalue weighted by Gasteiger charge is 2.28. The van der Waals surface area contributed by atoms with Gasteiger partial charge in [-0.1, -0.05) is 80.0 Å². The summed E-state index contributed by atoms with van der Waals surface area (Å²) in [4.78, 5) is 7.70. The molecule has 43 heavy (non-hydrogen) atoms. The minimum absolute atomic E-state index is 0.323. The first-order chi connectivity index (χ1) is 20.5. The maximum atomic E-state index is 5.83. The third-order valence-corrected chi connectivity index (χ3v) is 10.3. The molecule has 0 radical (unpaired) electrons. The van der Waals surface area contributed by atoms with Crippen molar-refractivity contribution in [1.82, 2.24) is 14.7 Å². The zero-order chi connectivity index (χ0) is 32.9. The van der Waals surface area contributed by atoms with Crippen LogP contribution in [-0.2, 0) is 4.74 Å². The van der Waals surface area contributed by atoms with Crippen LogP contribution in [0.4, 0.5) is 0 Å². The Balaban J connectivity index is 0.00000112. The summed E-state index contributed by atoms with van der Waals surface area (Å²) in [6, 6.07) is 1.58. The van der Waals surface area contributed by atoms with Crippen molar-refractivity contribution in [1.29, 1.82) is 0 Å². The van der Waals surface area contributed by atoms with Crippen LogP contribution in [0.25, 0.3) is 0 Å². The molecule has 6 atom stereocenters. The van der Waals surface area contributed by atoms with Crippen LogP contribution < -0.4 is 0 Å². The average molecular weight is 606 g/mol. The van der Waals surface area contributed by atoms with E-state index in [2.05, 4.69) is 90.5 Å². The second kappa shape index (κ2) is 24.5. The molecule has 0 aromatic heterocycles. The highest BCUT2D eigenvalue weighted by molar-refractivity contribution is 5.09. The Morgan fingerprint density at radius 1 is 0.953 bits per heavy atom. The van der Waals surface area contributed by atoms with E-state index in [-0.39, 0.29) is 0 Å². The van der Waals surface area contributed by atoms with Crippen LogP contribution in [0.3, 0.4) is 0 Å². The lowest BCUT2D eigenvalue weighted by molar-refractivity contribution is 0.0659. The zero-order valence-electron chi connectivity index (χ0n) is 31.5. The van der Waals surface area contributed by atoms with Gasteiger partial charge < -0.3 is 19.4 Å². The molecular weight excluding hydrogens is 526 g/mol. The highest BCUT2D eigenvalue weighted by Crippen LogP contribution is 2.31. The first-order valence-corrected chi connectivity index (χ1v) is 18.4. The maximum Gasteiger partial charge on any atom is 0.0577 e. The van der Waals surface area contributed by atoms with Crippen LogP contribution in [0.15, 0.2) is 24.8 Å². The molecule has 256 valence electrons. The molecule has 5 unspecified atom stereocenters. The van der Waals surface area contributed by atoms with E-state index in [1.807, 2.05) is 27.0 Å². The molecule has 0 aromatic carbocycles. The van der Waals surface area contributed by atoms with Crippen molar-refractivity contribution in [2.75, 3.05) is 54.4 Å². The number of methoxy groups -OCH3 is 1. The molecular formula is C39H79N3O. The molecule has 0 N–H and O–H groups in total. The molecule has 1 saturated carbocycles. The van der Waals surface area contributed by atoms with Gasteiger partial charge in [0.15, 0.2) is 0 Å². The molecule has 2 fully saturated rings. The fourth-order valence-corrected chi connectivity index (χ4v) is 7.53. The Kier molecular flexibility index (Phi) is 24.2. The molecule has 1 aliphatic heterocycles. The van der Waals surface area contributed by atoms with Gasteiger partial charge in [0.1, 0.15) is 0 Å². The topological polar surface area (TPSA) is 19.0 Å². The summed E-state index contributed by atoms with van der Waals surface area (Å²) in [5.74, 6) is 3.59. The Labute approximate surface area is 272 Å². The number of allylic oxidation sites excluding steroid dienone is 2. The first kappa shape index (κ1) is 42.3. The fourth-order valence-electron chi connectivity index (χ4n) is 7.53. The molecule has 4 nitrogen and oxygen atoms in total. The summed E-state index contributed by atoms with van der Waals surface area (Å²) in [5.41, 5.74) is 1.28. The number of piperidine rings is 1. The molecule has 2 rings (SSSR count). The predicted molar refractivity (Wildman–Crippen MR) is 194 cm³/mol. The predicted octanol–water partition coefficient (Wildman–Crippen LogP) is 9.81. The van der Waals surface area contributed by atoms with E-state index in [1.165, 1.54) is 89.5 Å². The van der Waals surface area contributed by atoms with Gasteiger partial charge in [0.25, 0.3) is 0 Å². The van der Waals surface area contributed by atoms with Crippen LogP contribution in [0.1, 0.15) is 126 Å². The van der Waals surface area contributed by atoms with Gasteiger partial charge in [-0.3, -0.25) is 0 Å². The lowest BCUT2D eigenvalue weighted by atomic mass is 9.80. The van der Waals surface area contributed by atoms with Gasteiger partial charge in [-0.2, -0.15) is 0 Å². The Hall–Kier alpha value is -0.680. The molecule has 1 heterocycles. The van der Waals surface area contributed by atoms with Crippen molar-refractivity contribution in [2.45, 2.75) is 144 Å². The van der Waals surface area contributed by atoms with E-state index in [0.29, 0.717) is 17.9 Å². The van der Waals surface area contributed by atoms with Gasteiger partial charge in [-0.15, -0.1) is 6.58 Å². The lowest BCUT2D eigenvalue weighted by Crippen LogP contribution is -2.44. The number of ether oxygens (including phenoxy) is 1. The van der Waals surface area contributed by atoms with Gasteiger partial charge >= 0.3 is 0 Å². The van der Waals surface area contributed by atoms with Gasteiger partial charge in [0.2, 0.25) is 0 Å². The third-order valence-electron chi connectivity index (χ3n) is 10.3. The van der Waals surface area contributed by atoms with Gasteiger partial charge in [-0.25, -0.2) is 0 Å². The number of likely N-dealkylation sites (tertiary alicyclic amines) is 1. The highest BCUT2D eigenvalue weighted by atomic mass is 16.5. The summed E-state index contributed by atoms with van der Waals surface area (Å²) in [7, 11) is 8.63. The molecule has 0 spiro atoms. The second-order valence-corrected chi connectivity index (χ2v) is 14.3. The van der Waals surface area contributed by atoms with Crippen molar-refractivity contribution in [3.8, 4) is 0 Å². The summed E-state index contributed by atoms with van der Waals surface area (Å²) >= 11 is 0. The standard InChI is InChI=1S/C27H52N2O.C10H21N.C2H6/c1-9-13-27(25-15-19-29(17-10-2)20-16-25)28(7)18-12-14-26(30-8)21-23(5)24(6)22(4)11-3;1-8-5-9(2)7-10(6-8)11(3)4;1-2/h11,22-23,25-27H,3,6,9-10,12-21H2,1-2,4-5,7-8H3;8-10H,5-7H2,1-4H3;1-2H3/t22?,23-,26?,27?;;/m1../s1. The van der Waals surface area contributed by atoms with E-state index in [9.17, 15) is 0 Å². The second-order valence-electron chi connectivity index (χ2n) is 14.3. The first-order valence-electron chi connectivity index (χ1n) is 18.4. The Morgan fingerprint density at radius 3 is 2.00 bits per heavy atom. The van der Waals surface area contributed by atoms with E-state index in [0.717, 1.165) is 42.7 Å². The molecule has 0 amide bonds. The van der Waals surface area contributed by atoms with Crippen LogP contribution in [0, 0.1) is 29.6 Å². The number of nitrogens with zero attached hydrogens (tertiary/aromatic N) is 3. The minimum Gasteiger partial charge on any atom is -0.381 e. The zero-order valence-corrected chi connectivity index (χ0v) is 31.5. The van der Waals surface area contributed by atoms with Crippen molar-refractivity contribution in [2.24, 2.45) is 29.6 Å². The molecule has 0 aromatic rings. The monoisotopic (exact) mass is 606 g/mol. The minimum atomic E-state index is 0.323. The molecule has 0 bridgehead atoms. The summed E-state index contributed by atoms with van der Waals surface area (Å²) in [5, 5.41) is 0. The summed E-state index contributed by atoms with van der Waals surface area (Å²) in [6.07, 6.45) is 16.6. The number of rotatable bonds is 17. The van der Waals surface area contributed by atoms with Crippen molar-refractivity contribution in [3.63, 3.8) is 0 Å². The average Bonchev–Trinajstić information content (AvgIpc) is 2.99. The number of hydrogen-bond acceptors (Lipinski definition) is 4. The quantitative estimate of drug-likeness (QED) is 0.154. The smallest absolute Gasteiger partial charge is 0.0577 e. The largest absolute Gasteiger partial charge is 0.381 e. The summed E-state index contributed by atoms with van der Waals surface area (Å²) in [6.45, 7) is 31.1. The van der Waals surface area contributed by atoms with Crippen LogP contribution in [0.5, 0.6) is 0 Å². The molecule has 4 heteroatoms. The molecule has 1 saturated heterocycles. The fraction of sp³-hybridized carbons (Fsp3) is 0.897. The van der Waals surface area contributed by atoms with Gasteiger partial charge in [-0.05, 0) is 141 Å². The molecule has 1 aliphatic carbocycles. The van der Waals surface area contributed by atoms with Crippen LogP contribution in [-0.4, -0.2) is 87.3 Å². The Morgan fingerprint density at radius 2 is 1.53 bits per heavy atom. The number of hydrogen-bond donors (Lipinski definition) is 0.